The van der Waals surface area contributed by atoms with Crippen LogP contribution in [0.4, 0.5) is 11.5 Å². The first-order valence-corrected chi connectivity index (χ1v) is 10.5. The number of nitrogens with one attached hydrogen (secondary N) is 1. The predicted molar refractivity (Wildman–Crippen MR) is 122 cm³/mol. The highest BCUT2D eigenvalue weighted by Crippen LogP contribution is 2.25. The van der Waals surface area contributed by atoms with Gasteiger partial charge in [-0.25, -0.2) is 0 Å². The molecule has 0 saturated carbocycles. The molecule has 5 nitrogen and oxygen atoms in total. The third-order valence-electron chi connectivity index (χ3n) is 5.96. The quantitative estimate of drug-likeness (QED) is 0.675. The van der Waals surface area contributed by atoms with Crippen molar-refractivity contribution >= 4 is 17.4 Å². The summed E-state index contributed by atoms with van der Waals surface area (Å²) in [6.45, 7) is 7.83. The van der Waals surface area contributed by atoms with Crippen molar-refractivity contribution in [3.05, 3.63) is 71.3 Å². The van der Waals surface area contributed by atoms with E-state index in [9.17, 15) is 4.79 Å². The van der Waals surface area contributed by atoms with Crippen molar-refractivity contribution < 1.29 is 4.79 Å². The van der Waals surface area contributed by atoms with E-state index in [-0.39, 0.29) is 11.8 Å². The van der Waals surface area contributed by atoms with Gasteiger partial charge in [0.25, 0.3) is 0 Å². The minimum Gasteiger partial charge on any atom is -0.355 e. The van der Waals surface area contributed by atoms with Gasteiger partial charge in [-0.05, 0) is 69.0 Å². The number of benzene rings is 2. The number of rotatable bonds is 4. The normalized spacial score (nSPS) is 14.6. The lowest BCUT2D eigenvalue weighted by atomic mass is 9.95. The molecule has 30 heavy (non-hydrogen) atoms. The molecular formula is C25H28N4O. The maximum Gasteiger partial charge on any atom is 0.227 e. The number of aromatic nitrogens is 2. The molecule has 154 valence electrons. The highest BCUT2D eigenvalue weighted by atomic mass is 16.1. The molecule has 4 rings (SSSR count). The van der Waals surface area contributed by atoms with Gasteiger partial charge in [-0.15, -0.1) is 10.2 Å². The van der Waals surface area contributed by atoms with Gasteiger partial charge in [-0.3, -0.25) is 4.79 Å². The molecule has 1 fully saturated rings. The minimum atomic E-state index is 0.0302. The van der Waals surface area contributed by atoms with E-state index in [2.05, 4.69) is 65.5 Å². The number of carbonyl (C=O) groups is 1. The van der Waals surface area contributed by atoms with E-state index in [0.717, 1.165) is 48.7 Å². The van der Waals surface area contributed by atoms with Crippen molar-refractivity contribution in [1.82, 2.24) is 10.2 Å². The summed E-state index contributed by atoms with van der Waals surface area (Å²) >= 11 is 0. The van der Waals surface area contributed by atoms with Gasteiger partial charge in [0.2, 0.25) is 5.91 Å². The molecule has 0 atom stereocenters. The zero-order valence-electron chi connectivity index (χ0n) is 17.9. The molecule has 0 bridgehead atoms. The zero-order chi connectivity index (χ0) is 21.1. The Morgan fingerprint density at radius 3 is 2.27 bits per heavy atom. The fourth-order valence-electron chi connectivity index (χ4n) is 3.81. The second kappa shape index (κ2) is 8.66. The monoisotopic (exact) mass is 400 g/mol. The van der Waals surface area contributed by atoms with Crippen molar-refractivity contribution in [1.29, 1.82) is 0 Å². The summed E-state index contributed by atoms with van der Waals surface area (Å²) in [5, 5.41) is 11.9. The van der Waals surface area contributed by atoms with Crippen molar-refractivity contribution in [3.63, 3.8) is 0 Å². The molecule has 1 amide bonds. The van der Waals surface area contributed by atoms with E-state index in [1.165, 1.54) is 16.7 Å². The first-order chi connectivity index (χ1) is 14.5. The van der Waals surface area contributed by atoms with Gasteiger partial charge < -0.3 is 10.2 Å². The van der Waals surface area contributed by atoms with Crippen LogP contribution in [0.15, 0.2) is 54.6 Å². The molecule has 1 aromatic heterocycles. The first kappa shape index (κ1) is 20.1. The number of anilines is 2. The summed E-state index contributed by atoms with van der Waals surface area (Å²) in [7, 11) is 0. The smallest absolute Gasteiger partial charge is 0.227 e. The summed E-state index contributed by atoms with van der Waals surface area (Å²) < 4.78 is 0. The number of amides is 1. The Balaban J connectivity index is 1.34. The Morgan fingerprint density at radius 1 is 0.900 bits per heavy atom. The van der Waals surface area contributed by atoms with E-state index in [1.807, 2.05) is 30.3 Å². The average molecular weight is 401 g/mol. The van der Waals surface area contributed by atoms with Crippen molar-refractivity contribution in [2.45, 2.75) is 33.6 Å². The highest BCUT2D eigenvalue weighted by molar-refractivity contribution is 5.92. The number of hydrogen-bond acceptors (Lipinski definition) is 4. The molecular weight excluding hydrogens is 372 g/mol. The standard InChI is InChI=1S/C25H28N4O/c1-17-4-7-20(8-5-17)23-10-11-24(28-27-23)29-14-12-21(13-15-29)25(30)26-22-9-6-18(2)19(3)16-22/h4-11,16,21H,12-15H2,1-3H3,(H,26,30). The van der Waals surface area contributed by atoms with Crippen LogP contribution in [-0.4, -0.2) is 29.2 Å². The maximum absolute atomic E-state index is 12.7. The lowest BCUT2D eigenvalue weighted by Crippen LogP contribution is -2.38. The highest BCUT2D eigenvalue weighted by Gasteiger charge is 2.26. The molecule has 1 saturated heterocycles. The van der Waals surface area contributed by atoms with Crippen molar-refractivity contribution in [2.24, 2.45) is 5.92 Å². The van der Waals surface area contributed by atoms with Crippen LogP contribution < -0.4 is 10.2 Å². The van der Waals surface area contributed by atoms with E-state index >= 15 is 0 Å². The van der Waals surface area contributed by atoms with Gasteiger partial charge in [0.05, 0.1) is 5.69 Å². The molecule has 2 heterocycles. The van der Waals surface area contributed by atoms with Gasteiger partial charge >= 0.3 is 0 Å². The van der Waals surface area contributed by atoms with Gasteiger partial charge in [-0.1, -0.05) is 35.9 Å². The topological polar surface area (TPSA) is 58.1 Å². The molecule has 1 aliphatic rings. The number of carbonyl (C=O) groups excluding carboxylic acids is 1. The third-order valence-corrected chi connectivity index (χ3v) is 5.96. The summed E-state index contributed by atoms with van der Waals surface area (Å²) in [4.78, 5) is 14.9. The van der Waals surface area contributed by atoms with Crippen LogP contribution >= 0.6 is 0 Å². The Morgan fingerprint density at radius 2 is 1.63 bits per heavy atom. The van der Waals surface area contributed by atoms with Crippen LogP contribution in [-0.2, 0) is 4.79 Å². The summed E-state index contributed by atoms with van der Waals surface area (Å²) in [6, 6.07) is 18.4. The molecule has 3 aromatic rings. The van der Waals surface area contributed by atoms with Gasteiger partial charge in [0.15, 0.2) is 5.82 Å². The molecule has 1 N–H and O–H groups in total. The third kappa shape index (κ3) is 4.51. The Bertz CT molecular complexity index is 1020. The molecule has 0 radical (unpaired) electrons. The fraction of sp³-hybridized carbons (Fsp3) is 0.320. The number of aryl methyl sites for hydroxylation is 3. The summed E-state index contributed by atoms with van der Waals surface area (Å²) in [5.41, 5.74) is 6.48. The SMILES string of the molecule is Cc1ccc(-c2ccc(N3CCC(C(=O)Nc4ccc(C)c(C)c4)CC3)nn2)cc1. The van der Waals surface area contributed by atoms with E-state index in [1.54, 1.807) is 0 Å². The van der Waals surface area contributed by atoms with Crippen molar-refractivity contribution in [2.75, 3.05) is 23.3 Å². The second-order valence-electron chi connectivity index (χ2n) is 8.19. The molecule has 1 aliphatic heterocycles. The Labute approximate surface area is 178 Å². The predicted octanol–water partition coefficient (Wildman–Crippen LogP) is 4.92. The molecule has 0 unspecified atom stereocenters. The first-order valence-electron chi connectivity index (χ1n) is 10.5. The van der Waals surface area contributed by atoms with E-state index in [4.69, 9.17) is 0 Å². The van der Waals surface area contributed by atoms with E-state index in [0.29, 0.717) is 0 Å². The van der Waals surface area contributed by atoms with E-state index < -0.39 is 0 Å². The number of hydrogen-bond donors (Lipinski definition) is 1. The Kier molecular flexibility index (Phi) is 5.79. The average Bonchev–Trinajstić information content (AvgIpc) is 2.77. The fourth-order valence-corrected chi connectivity index (χ4v) is 3.81. The van der Waals surface area contributed by atoms with Crippen LogP contribution in [0.25, 0.3) is 11.3 Å². The lowest BCUT2D eigenvalue weighted by Gasteiger charge is -2.31. The lowest BCUT2D eigenvalue weighted by molar-refractivity contribution is -0.120. The molecule has 2 aromatic carbocycles. The molecule has 0 aliphatic carbocycles. The molecule has 5 heteroatoms. The largest absolute Gasteiger partial charge is 0.355 e. The van der Waals surface area contributed by atoms with Gasteiger partial charge in [0.1, 0.15) is 0 Å². The number of piperidine rings is 1. The van der Waals surface area contributed by atoms with Crippen LogP contribution in [0.2, 0.25) is 0 Å². The van der Waals surface area contributed by atoms with Crippen LogP contribution in [0.3, 0.4) is 0 Å². The summed E-state index contributed by atoms with van der Waals surface area (Å²) in [6.07, 6.45) is 1.64. The minimum absolute atomic E-state index is 0.0302. The van der Waals surface area contributed by atoms with Gasteiger partial charge in [-0.2, -0.15) is 0 Å². The second-order valence-corrected chi connectivity index (χ2v) is 8.19. The molecule has 0 spiro atoms. The van der Waals surface area contributed by atoms with Crippen molar-refractivity contribution in [3.8, 4) is 11.3 Å². The summed E-state index contributed by atoms with van der Waals surface area (Å²) in [5.74, 6) is 1.01. The van der Waals surface area contributed by atoms with Crippen LogP contribution in [0.5, 0.6) is 0 Å². The van der Waals surface area contributed by atoms with Gasteiger partial charge in [0, 0.05) is 30.3 Å². The number of nitrogens with zero attached hydrogens (tertiary/aromatic N) is 3. The van der Waals surface area contributed by atoms with Crippen LogP contribution in [0.1, 0.15) is 29.5 Å². The Hall–Kier alpha value is -3.21. The maximum atomic E-state index is 12.7. The zero-order valence-corrected chi connectivity index (χ0v) is 17.9. The van der Waals surface area contributed by atoms with Crippen LogP contribution in [0, 0.1) is 26.7 Å².